The van der Waals surface area contributed by atoms with Gasteiger partial charge in [0.25, 0.3) is 0 Å². The van der Waals surface area contributed by atoms with Gasteiger partial charge in [0.2, 0.25) is 0 Å². The van der Waals surface area contributed by atoms with Gasteiger partial charge >= 0.3 is 0 Å². The average Bonchev–Trinajstić information content (AvgIpc) is 2.97. The lowest BCUT2D eigenvalue weighted by Gasteiger charge is -2.13. The quantitative estimate of drug-likeness (QED) is 0.547. The highest BCUT2D eigenvalue weighted by Gasteiger charge is 2.51. The molecule has 1 aliphatic rings. The molecule has 0 amide bonds. The van der Waals surface area contributed by atoms with Gasteiger partial charge in [0.05, 0.1) is 6.10 Å². The second kappa shape index (κ2) is 3.46. The van der Waals surface area contributed by atoms with Gasteiger partial charge in [0, 0.05) is 5.56 Å². The number of epoxide rings is 1. The maximum atomic E-state index is 11.9. The van der Waals surface area contributed by atoms with Crippen LogP contribution in [0.1, 0.15) is 31.1 Å². The van der Waals surface area contributed by atoms with Crippen molar-refractivity contribution < 1.29 is 9.53 Å². The first-order chi connectivity index (χ1) is 7.00. The van der Waals surface area contributed by atoms with Gasteiger partial charge in [-0.05, 0) is 5.41 Å². The van der Waals surface area contributed by atoms with E-state index in [2.05, 4.69) is 20.8 Å². The van der Waals surface area contributed by atoms with Crippen LogP contribution in [0.4, 0.5) is 0 Å². The first-order valence-corrected chi connectivity index (χ1v) is 5.25. The molecule has 1 fully saturated rings. The summed E-state index contributed by atoms with van der Waals surface area (Å²) in [5.41, 5.74) is 0.795. The maximum Gasteiger partial charge on any atom is 0.194 e. The number of hydrogen-bond donors (Lipinski definition) is 0. The zero-order valence-corrected chi connectivity index (χ0v) is 9.36. The van der Waals surface area contributed by atoms with E-state index in [9.17, 15) is 4.79 Å². The summed E-state index contributed by atoms with van der Waals surface area (Å²) in [6, 6.07) is 9.34. The Morgan fingerprint density at radius 2 is 1.80 bits per heavy atom. The summed E-state index contributed by atoms with van der Waals surface area (Å²) in [5.74, 6) is 0.107. The number of rotatable bonds is 2. The Bertz CT molecular complexity index is 362. The van der Waals surface area contributed by atoms with Crippen molar-refractivity contribution in [1.82, 2.24) is 0 Å². The maximum absolute atomic E-state index is 11.9. The summed E-state index contributed by atoms with van der Waals surface area (Å²) >= 11 is 0. The Morgan fingerprint density at radius 3 is 2.27 bits per heavy atom. The molecule has 2 atom stereocenters. The minimum absolute atomic E-state index is 0.0507. The molecule has 0 unspecified atom stereocenters. The highest BCUT2D eigenvalue weighted by Crippen LogP contribution is 2.39. The van der Waals surface area contributed by atoms with Crippen LogP contribution >= 0.6 is 0 Å². The Hall–Kier alpha value is -1.15. The van der Waals surface area contributed by atoms with Crippen LogP contribution in [-0.2, 0) is 4.74 Å². The van der Waals surface area contributed by atoms with Gasteiger partial charge in [-0.1, -0.05) is 51.1 Å². The van der Waals surface area contributed by atoms with Crippen LogP contribution in [0.5, 0.6) is 0 Å². The molecule has 1 heterocycles. The van der Waals surface area contributed by atoms with E-state index in [1.165, 1.54) is 0 Å². The predicted molar refractivity (Wildman–Crippen MR) is 58.9 cm³/mol. The minimum atomic E-state index is -0.229. The van der Waals surface area contributed by atoms with Crippen LogP contribution in [0, 0.1) is 5.41 Å². The summed E-state index contributed by atoms with van der Waals surface area (Å²) in [5, 5.41) is 0. The first-order valence-electron chi connectivity index (χ1n) is 5.25. The van der Waals surface area contributed by atoms with Crippen LogP contribution in [0.2, 0.25) is 0 Å². The van der Waals surface area contributed by atoms with E-state index in [0.29, 0.717) is 0 Å². The first kappa shape index (κ1) is 10.4. The van der Waals surface area contributed by atoms with Crippen molar-refractivity contribution in [2.24, 2.45) is 5.41 Å². The Balaban J connectivity index is 2.07. The largest absolute Gasteiger partial charge is 0.360 e. The molecule has 0 spiro atoms. The van der Waals surface area contributed by atoms with Gasteiger partial charge in [-0.25, -0.2) is 0 Å². The molecular formula is C13H16O2. The molecule has 80 valence electrons. The zero-order chi connectivity index (χ0) is 11.1. The van der Waals surface area contributed by atoms with Crippen LogP contribution in [0.3, 0.4) is 0 Å². The standard InChI is InChI=1S/C13H16O2/c1-13(2,3)12-11(15-12)10(14)9-7-5-4-6-8-9/h4-8,11-12H,1-3H3/t11-,12+/m0/s1. The van der Waals surface area contributed by atoms with E-state index < -0.39 is 0 Å². The number of carbonyl (C=O) groups excluding carboxylic acids is 1. The molecule has 2 heteroatoms. The van der Waals surface area contributed by atoms with Gasteiger partial charge in [-0.3, -0.25) is 4.79 Å². The van der Waals surface area contributed by atoms with Crippen LogP contribution in [0.25, 0.3) is 0 Å². The van der Waals surface area contributed by atoms with Gasteiger partial charge < -0.3 is 4.74 Å². The molecule has 0 aromatic heterocycles. The number of ketones is 1. The fourth-order valence-corrected chi connectivity index (χ4v) is 1.74. The predicted octanol–water partition coefficient (Wildman–Crippen LogP) is 2.68. The molecule has 1 aliphatic heterocycles. The minimum Gasteiger partial charge on any atom is -0.360 e. The third kappa shape index (κ3) is 2.10. The van der Waals surface area contributed by atoms with Crippen molar-refractivity contribution in [1.29, 1.82) is 0 Å². The Morgan fingerprint density at radius 1 is 1.20 bits per heavy atom. The molecule has 0 bridgehead atoms. The van der Waals surface area contributed by atoms with E-state index in [0.717, 1.165) is 5.56 Å². The van der Waals surface area contributed by atoms with Gasteiger partial charge in [0.1, 0.15) is 6.10 Å². The second-order valence-corrected chi connectivity index (χ2v) is 5.07. The summed E-state index contributed by atoms with van der Waals surface area (Å²) in [7, 11) is 0. The lowest BCUT2D eigenvalue weighted by atomic mass is 9.88. The number of ether oxygens (including phenoxy) is 1. The molecule has 0 N–H and O–H groups in total. The Labute approximate surface area is 90.3 Å². The molecule has 2 rings (SSSR count). The molecule has 0 saturated carbocycles. The van der Waals surface area contributed by atoms with Gasteiger partial charge in [0.15, 0.2) is 5.78 Å². The van der Waals surface area contributed by atoms with Gasteiger partial charge in [-0.15, -0.1) is 0 Å². The van der Waals surface area contributed by atoms with Crippen molar-refractivity contribution in [3.05, 3.63) is 35.9 Å². The second-order valence-electron chi connectivity index (χ2n) is 5.07. The molecule has 15 heavy (non-hydrogen) atoms. The lowest BCUT2D eigenvalue weighted by Crippen LogP contribution is -2.20. The molecule has 0 radical (unpaired) electrons. The van der Waals surface area contributed by atoms with E-state index >= 15 is 0 Å². The van der Waals surface area contributed by atoms with Gasteiger partial charge in [-0.2, -0.15) is 0 Å². The number of carbonyl (C=O) groups is 1. The highest BCUT2D eigenvalue weighted by atomic mass is 16.6. The van der Waals surface area contributed by atoms with E-state index in [4.69, 9.17) is 4.74 Å². The van der Waals surface area contributed by atoms with Crippen molar-refractivity contribution >= 4 is 5.78 Å². The molecule has 2 nitrogen and oxygen atoms in total. The number of benzene rings is 1. The summed E-state index contributed by atoms with van der Waals surface area (Å²) < 4.78 is 5.45. The number of hydrogen-bond acceptors (Lipinski definition) is 2. The third-order valence-electron chi connectivity index (χ3n) is 2.66. The molecular weight excluding hydrogens is 188 g/mol. The normalized spacial score (nSPS) is 25.0. The lowest BCUT2D eigenvalue weighted by molar-refractivity contribution is 0.0953. The van der Waals surface area contributed by atoms with E-state index in [-0.39, 0.29) is 23.4 Å². The van der Waals surface area contributed by atoms with Crippen molar-refractivity contribution in [3.8, 4) is 0 Å². The SMILES string of the molecule is CC(C)(C)[C@@H]1O[C@H]1C(=O)c1ccccc1. The topological polar surface area (TPSA) is 29.6 Å². The van der Waals surface area contributed by atoms with Crippen molar-refractivity contribution in [2.75, 3.05) is 0 Å². The monoisotopic (exact) mass is 204 g/mol. The number of Topliss-reactive ketones (excluding diaryl/α,β-unsaturated/α-hetero) is 1. The third-order valence-corrected chi connectivity index (χ3v) is 2.66. The van der Waals surface area contributed by atoms with E-state index in [1.807, 2.05) is 30.3 Å². The molecule has 1 saturated heterocycles. The van der Waals surface area contributed by atoms with Crippen LogP contribution in [0.15, 0.2) is 30.3 Å². The van der Waals surface area contributed by atoms with E-state index in [1.54, 1.807) is 0 Å². The molecule has 1 aromatic rings. The fraction of sp³-hybridized carbons (Fsp3) is 0.462. The van der Waals surface area contributed by atoms with Crippen molar-refractivity contribution in [3.63, 3.8) is 0 Å². The summed E-state index contributed by atoms with van der Waals surface area (Å²) in [4.78, 5) is 11.9. The molecule has 1 aromatic carbocycles. The zero-order valence-electron chi connectivity index (χ0n) is 9.36. The fourth-order valence-electron chi connectivity index (χ4n) is 1.74. The summed E-state index contributed by atoms with van der Waals surface area (Å²) in [6.45, 7) is 6.28. The van der Waals surface area contributed by atoms with Crippen LogP contribution < -0.4 is 0 Å². The smallest absolute Gasteiger partial charge is 0.194 e. The highest BCUT2D eigenvalue weighted by molar-refractivity contribution is 6.01. The van der Waals surface area contributed by atoms with Crippen molar-refractivity contribution in [2.45, 2.75) is 33.0 Å². The average molecular weight is 204 g/mol. The molecule has 0 aliphatic carbocycles. The van der Waals surface area contributed by atoms with Crippen LogP contribution in [-0.4, -0.2) is 18.0 Å². The summed E-state index contributed by atoms with van der Waals surface area (Å²) in [6.07, 6.45) is -0.155. The Kier molecular flexibility index (Phi) is 2.39.